The summed E-state index contributed by atoms with van der Waals surface area (Å²) < 4.78 is 15.9. The second kappa shape index (κ2) is 9.14. The molecule has 0 aliphatic carbocycles. The zero-order chi connectivity index (χ0) is 18.9. The van der Waals surface area contributed by atoms with Crippen molar-refractivity contribution in [3.05, 3.63) is 53.6 Å². The molecule has 0 unspecified atom stereocenters. The van der Waals surface area contributed by atoms with E-state index in [0.29, 0.717) is 35.1 Å². The highest BCUT2D eigenvalue weighted by atomic mass is 16.5. The van der Waals surface area contributed by atoms with Crippen LogP contribution in [0.25, 0.3) is 6.08 Å². The van der Waals surface area contributed by atoms with E-state index in [1.165, 1.54) is 20.3 Å². The summed E-state index contributed by atoms with van der Waals surface area (Å²) in [7, 11) is 3.04. The monoisotopic (exact) mass is 352 g/mol. The summed E-state index contributed by atoms with van der Waals surface area (Å²) in [6.07, 6.45) is 1.49. The number of carbonyl (C=O) groups excluding carboxylic acids is 1. The van der Waals surface area contributed by atoms with Crippen LogP contribution in [0.1, 0.15) is 12.5 Å². The fraction of sp³-hybridized carbons (Fsp3) is 0.200. The van der Waals surface area contributed by atoms with E-state index >= 15 is 0 Å². The molecule has 0 saturated heterocycles. The van der Waals surface area contributed by atoms with E-state index < -0.39 is 5.91 Å². The van der Waals surface area contributed by atoms with E-state index in [2.05, 4.69) is 5.32 Å². The molecule has 1 N–H and O–H groups in total. The molecule has 0 radical (unpaired) electrons. The maximum absolute atomic E-state index is 12.4. The second-order valence-electron chi connectivity index (χ2n) is 5.17. The highest BCUT2D eigenvalue weighted by Crippen LogP contribution is 2.29. The van der Waals surface area contributed by atoms with Gasteiger partial charge in [0, 0.05) is 0 Å². The third kappa shape index (κ3) is 4.54. The number of ether oxygens (including phenoxy) is 3. The van der Waals surface area contributed by atoms with Crippen molar-refractivity contribution in [3.63, 3.8) is 0 Å². The van der Waals surface area contributed by atoms with E-state index in [1.807, 2.05) is 13.0 Å². The van der Waals surface area contributed by atoms with Gasteiger partial charge in [-0.2, -0.15) is 5.26 Å². The highest BCUT2D eigenvalue weighted by molar-refractivity contribution is 6.10. The zero-order valence-corrected chi connectivity index (χ0v) is 14.9. The Morgan fingerprint density at radius 1 is 1.12 bits per heavy atom. The summed E-state index contributed by atoms with van der Waals surface area (Å²) in [5.41, 5.74) is 1.10. The number of benzene rings is 2. The number of para-hydroxylation sites is 2. The lowest BCUT2D eigenvalue weighted by Crippen LogP contribution is -2.14. The van der Waals surface area contributed by atoms with Gasteiger partial charge >= 0.3 is 0 Å². The molecule has 0 aliphatic rings. The summed E-state index contributed by atoms with van der Waals surface area (Å²) in [5.74, 6) is 1.12. The average molecular weight is 352 g/mol. The van der Waals surface area contributed by atoms with E-state index in [9.17, 15) is 10.1 Å². The summed E-state index contributed by atoms with van der Waals surface area (Å²) in [6, 6.07) is 14.1. The van der Waals surface area contributed by atoms with Crippen molar-refractivity contribution in [3.8, 4) is 23.3 Å². The molecule has 6 heteroatoms. The van der Waals surface area contributed by atoms with Crippen LogP contribution in [0, 0.1) is 11.3 Å². The smallest absolute Gasteiger partial charge is 0.266 e. The minimum absolute atomic E-state index is 0.0397. The van der Waals surface area contributed by atoms with Crippen LogP contribution in [0.4, 0.5) is 5.69 Å². The third-order valence-corrected chi connectivity index (χ3v) is 3.52. The standard InChI is InChI=1S/C20H20N2O4/c1-4-26-18-10-9-14(12-19(18)25-3)11-15(13-21)20(23)22-16-7-5-6-8-17(16)24-2/h5-12H,4H2,1-3H3,(H,22,23)/b15-11+. The molecule has 134 valence electrons. The van der Waals surface area contributed by atoms with Crippen molar-refractivity contribution in [1.29, 1.82) is 5.26 Å². The van der Waals surface area contributed by atoms with Crippen LogP contribution >= 0.6 is 0 Å². The van der Waals surface area contributed by atoms with Crippen LogP contribution in [0.3, 0.4) is 0 Å². The first-order chi connectivity index (χ1) is 12.6. The minimum Gasteiger partial charge on any atom is -0.495 e. The molecule has 0 bridgehead atoms. The molecule has 2 aromatic rings. The molecule has 2 rings (SSSR count). The Balaban J connectivity index is 2.27. The van der Waals surface area contributed by atoms with Gasteiger partial charge in [0.1, 0.15) is 17.4 Å². The van der Waals surface area contributed by atoms with E-state index in [-0.39, 0.29) is 5.57 Å². The fourth-order valence-electron chi connectivity index (χ4n) is 2.30. The van der Waals surface area contributed by atoms with Gasteiger partial charge in [0.15, 0.2) is 11.5 Å². The number of anilines is 1. The molecule has 6 nitrogen and oxygen atoms in total. The van der Waals surface area contributed by atoms with Gasteiger partial charge in [-0.15, -0.1) is 0 Å². The van der Waals surface area contributed by atoms with Gasteiger partial charge in [-0.1, -0.05) is 18.2 Å². The topological polar surface area (TPSA) is 80.6 Å². The van der Waals surface area contributed by atoms with Crippen LogP contribution < -0.4 is 19.5 Å². The lowest BCUT2D eigenvalue weighted by atomic mass is 10.1. The molecule has 0 fully saturated rings. The largest absolute Gasteiger partial charge is 0.495 e. The first-order valence-electron chi connectivity index (χ1n) is 8.00. The van der Waals surface area contributed by atoms with Gasteiger partial charge < -0.3 is 19.5 Å². The Morgan fingerprint density at radius 2 is 1.85 bits per heavy atom. The number of carbonyl (C=O) groups is 1. The van der Waals surface area contributed by atoms with Crippen molar-refractivity contribution < 1.29 is 19.0 Å². The number of nitrogens with one attached hydrogen (secondary N) is 1. The number of rotatable bonds is 7. The molecular formula is C20H20N2O4. The van der Waals surface area contributed by atoms with Crippen LogP contribution in [0.5, 0.6) is 17.2 Å². The molecule has 0 spiro atoms. The number of hydrogen-bond acceptors (Lipinski definition) is 5. The van der Waals surface area contributed by atoms with Crippen molar-refractivity contribution >= 4 is 17.7 Å². The normalized spacial score (nSPS) is 10.6. The van der Waals surface area contributed by atoms with Crippen LogP contribution in [-0.2, 0) is 4.79 Å². The third-order valence-electron chi connectivity index (χ3n) is 3.52. The van der Waals surface area contributed by atoms with Crippen LogP contribution in [0.2, 0.25) is 0 Å². The zero-order valence-electron chi connectivity index (χ0n) is 14.9. The fourth-order valence-corrected chi connectivity index (χ4v) is 2.30. The Hall–Kier alpha value is -3.46. The number of hydrogen-bond donors (Lipinski definition) is 1. The van der Waals surface area contributed by atoms with Crippen LogP contribution in [0.15, 0.2) is 48.0 Å². The average Bonchev–Trinajstić information content (AvgIpc) is 2.67. The predicted octanol–water partition coefficient (Wildman–Crippen LogP) is 3.65. The number of methoxy groups -OCH3 is 2. The minimum atomic E-state index is -0.523. The number of nitrogens with zero attached hydrogens (tertiary/aromatic N) is 1. The number of nitriles is 1. The van der Waals surface area contributed by atoms with Gasteiger partial charge in [0.2, 0.25) is 0 Å². The summed E-state index contributed by atoms with van der Waals surface area (Å²) >= 11 is 0. The molecule has 0 saturated carbocycles. The molecule has 0 aliphatic heterocycles. The highest BCUT2D eigenvalue weighted by Gasteiger charge is 2.13. The molecule has 1 amide bonds. The Bertz CT molecular complexity index is 853. The van der Waals surface area contributed by atoms with Crippen LogP contribution in [-0.4, -0.2) is 26.7 Å². The number of amides is 1. The van der Waals surface area contributed by atoms with Gasteiger partial charge in [-0.25, -0.2) is 0 Å². The van der Waals surface area contributed by atoms with E-state index in [1.54, 1.807) is 42.5 Å². The first-order valence-corrected chi connectivity index (χ1v) is 8.00. The second-order valence-corrected chi connectivity index (χ2v) is 5.17. The maximum Gasteiger partial charge on any atom is 0.266 e. The molecule has 0 heterocycles. The van der Waals surface area contributed by atoms with Crippen molar-refractivity contribution in [1.82, 2.24) is 0 Å². The molecule has 26 heavy (non-hydrogen) atoms. The Labute approximate surface area is 152 Å². The Kier molecular flexibility index (Phi) is 6.63. The molecule has 0 aromatic heterocycles. The summed E-state index contributed by atoms with van der Waals surface area (Å²) in [6.45, 7) is 2.39. The van der Waals surface area contributed by atoms with Gasteiger partial charge in [0.05, 0.1) is 26.5 Å². The van der Waals surface area contributed by atoms with E-state index in [4.69, 9.17) is 14.2 Å². The van der Waals surface area contributed by atoms with Crippen molar-refractivity contribution in [2.75, 3.05) is 26.1 Å². The molecule has 0 atom stereocenters. The van der Waals surface area contributed by atoms with Crippen molar-refractivity contribution in [2.24, 2.45) is 0 Å². The molecular weight excluding hydrogens is 332 g/mol. The summed E-state index contributed by atoms with van der Waals surface area (Å²) in [4.78, 5) is 12.4. The maximum atomic E-state index is 12.4. The lowest BCUT2D eigenvalue weighted by Gasteiger charge is -2.10. The SMILES string of the molecule is CCOc1ccc(/C=C(\C#N)C(=O)Nc2ccccc2OC)cc1OC. The van der Waals surface area contributed by atoms with Crippen molar-refractivity contribution in [2.45, 2.75) is 6.92 Å². The van der Waals surface area contributed by atoms with E-state index in [0.717, 1.165) is 0 Å². The predicted molar refractivity (Wildman–Crippen MR) is 99.4 cm³/mol. The lowest BCUT2D eigenvalue weighted by molar-refractivity contribution is -0.112. The summed E-state index contributed by atoms with van der Waals surface area (Å²) in [5, 5.41) is 12.0. The van der Waals surface area contributed by atoms with Gasteiger partial charge in [0.25, 0.3) is 5.91 Å². The Morgan fingerprint density at radius 3 is 2.50 bits per heavy atom. The molecule has 2 aromatic carbocycles. The quantitative estimate of drug-likeness (QED) is 0.608. The van der Waals surface area contributed by atoms with Gasteiger partial charge in [-0.05, 0) is 42.8 Å². The van der Waals surface area contributed by atoms with Gasteiger partial charge in [-0.3, -0.25) is 4.79 Å². The first kappa shape index (κ1) is 18.9.